The van der Waals surface area contributed by atoms with Crippen LogP contribution in [-0.4, -0.2) is 79.3 Å². The Hall–Kier alpha value is -10.8. The minimum Gasteiger partial charge on any atom is -0.406 e. The molecule has 0 fully saturated rings. The first-order chi connectivity index (χ1) is 41.8. The van der Waals surface area contributed by atoms with Crippen molar-refractivity contribution < 1.29 is 67.3 Å². The number of aromatic nitrogens is 12. The summed E-state index contributed by atoms with van der Waals surface area (Å²) in [6, 6.07) is 31.7. The normalized spacial score (nSPS) is 11.5. The van der Waals surface area contributed by atoms with Gasteiger partial charge in [0.2, 0.25) is 17.7 Å². The number of fused-ring (bicyclic) bond motifs is 3. The molecule has 12 aromatic rings. The Labute approximate surface area is 491 Å². The van der Waals surface area contributed by atoms with E-state index in [4.69, 9.17) is 20.6 Å². The first kappa shape index (κ1) is 61.8. The van der Waals surface area contributed by atoms with Crippen molar-refractivity contribution in [1.29, 1.82) is 0 Å². The summed E-state index contributed by atoms with van der Waals surface area (Å²) < 4.78 is 139. The first-order valence-corrected chi connectivity index (χ1v) is 25.8. The molecule has 0 aliphatic heterocycles. The topological polar surface area (TPSA) is 260 Å². The van der Waals surface area contributed by atoms with Gasteiger partial charge in [0, 0.05) is 16.2 Å². The van der Waals surface area contributed by atoms with Gasteiger partial charge in [-0.1, -0.05) is 88.3 Å². The van der Waals surface area contributed by atoms with Crippen LogP contribution in [0.4, 0.5) is 39.5 Å². The van der Waals surface area contributed by atoms with E-state index in [2.05, 4.69) is 69.6 Å². The largest absolute Gasteiger partial charge is 0.573 e. The van der Waals surface area contributed by atoms with Crippen molar-refractivity contribution in [2.75, 3.05) is 0 Å². The minimum absolute atomic E-state index is 0.0311. The molecular weight excluding hydrogens is 1200 g/mol. The Morgan fingerprint density at radius 1 is 0.443 bits per heavy atom. The smallest absolute Gasteiger partial charge is 0.406 e. The van der Waals surface area contributed by atoms with Crippen LogP contribution >= 0.6 is 11.6 Å². The maximum atomic E-state index is 12.8. The number of aromatic amines is 1. The molecule has 0 saturated heterocycles. The standard InChI is InChI=1S/2C19H13F3N4O3.C15H9F3N2O2.C4H5ClN2O/c2*1-11-24-17(29-25-11)10-26-18(27)16-8-13(2-3-14(16)9-23-26)12-4-6-15(7-5-12)28-19(20,21)22;16-15(17,18)22-12-5-3-9(4-6-12)10-1-2-11-8-19-20-14(21)13(11)7-10;1-3-6-4(2-5)8-7-3/h2*2-9H,10H2,1H3;1-8H,(H,20,21);2H2,1H3. The summed E-state index contributed by atoms with van der Waals surface area (Å²) in [5, 5.41) is 28.4. The minimum atomic E-state index is -4.75. The Morgan fingerprint density at radius 3 is 1.07 bits per heavy atom. The predicted octanol–water partition coefficient (Wildman–Crippen LogP) is 12.0. The van der Waals surface area contributed by atoms with Crippen LogP contribution in [0.1, 0.15) is 35.1 Å². The van der Waals surface area contributed by atoms with Crippen LogP contribution in [0.5, 0.6) is 17.2 Å². The first-order valence-electron chi connectivity index (χ1n) is 25.3. The number of rotatable bonds is 11. The Morgan fingerprint density at radius 2 is 0.761 bits per heavy atom. The lowest BCUT2D eigenvalue weighted by Gasteiger charge is -2.10. The molecule has 31 heteroatoms. The number of hydrogen-bond acceptors (Lipinski definition) is 18. The van der Waals surface area contributed by atoms with Crippen molar-refractivity contribution >= 4 is 43.9 Å². The Kier molecular flexibility index (Phi) is 18.4. The van der Waals surface area contributed by atoms with Gasteiger partial charge < -0.3 is 27.8 Å². The van der Waals surface area contributed by atoms with Crippen LogP contribution in [-0.2, 0) is 19.0 Å². The summed E-state index contributed by atoms with van der Waals surface area (Å²) in [7, 11) is 0. The quantitative estimate of drug-likeness (QED) is 0.0932. The second-order valence-electron chi connectivity index (χ2n) is 18.4. The maximum Gasteiger partial charge on any atom is 0.573 e. The van der Waals surface area contributed by atoms with E-state index >= 15 is 0 Å². The second kappa shape index (κ2) is 26.2. The van der Waals surface area contributed by atoms with Gasteiger partial charge in [0.15, 0.2) is 17.5 Å². The van der Waals surface area contributed by atoms with Gasteiger partial charge in [-0.2, -0.15) is 30.2 Å². The third-order valence-electron chi connectivity index (χ3n) is 12.0. The number of nitrogens with one attached hydrogen (secondary N) is 1. The molecular formula is C57H40ClF9N12O9. The summed E-state index contributed by atoms with van der Waals surface area (Å²) in [5.41, 5.74) is 2.97. The fraction of sp³-hybridized carbons (Fsp3) is 0.158. The number of hydrogen-bond donors (Lipinski definition) is 1. The van der Waals surface area contributed by atoms with E-state index < -0.39 is 19.1 Å². The average Bonchev–Trinajstić information content (AvgIpc) is 1.50. The molecule has 6 heterocycles. The van der Waals surface area contributed by atoms with Gasteiger partial charge in [0.05, 0.1) is 34.7 Å². The lowest BCUT2D eigenvalue weighted by Crippen LogP contribution is -2.23. The van der Waals surface area contributed by atoms with Crippen molar-refractivity contribution in [3.05, 3.63) is 212 Å². The Bertz CT molecular complexity index is 4370. The molecule has 0 bridgehead atoms. The molecule has 0 radical (unpaired) electrons. The third-order valence-corrected chi connectivity index (χ3v) is 12.3. The SMILES string of the molecule is Cc1noc(CCl)n1.Cc1noc(Cn2ncc3ccc(-c4ccc(OC(F)(F)F)cc4)cc3c2=O)n1.Cc1noc(Cn2ncc3ccc(-c4ccc(OC(F)(F)F)cc4)cc3c2=O)n1.O=c1[nH]ncc2ccc(-c3ccc(OC(F)(F)F)cc3)cc12. The number of ether oxygens (including phenoxy) is 3. The van der Waals surface area contributed by atoms with Crippen molar-refractivity contribution in [1.82, 2.24) is 60.2 Å². The highest BCUT2D eigenvalue weighted by Crippen LogP contribution is 2.31. The van der Waals surface area contributed by atoms with Crippen LogP contribution < -0.4 is 30.9 Å². The molecule has 88 heavy (non-hydrogen) atoms. The number of alkyl halides is 10. The van der Waals surface area contributed by atoms with Crippen molar-refractivity contribution in [3.8, 4) is 50.6 Å². The van der Waals surface area contributed by atoms with E-state index in [0.717, 1.165) is 0 Å². The molecule has 21 nitrogen and oxygen atoms in total. The molecule has 0 spiro atoms. The van der Waals surface area contributed by atoms with Crippen LogP contribution in [0, 0.1) is 20.8 Å². The average molecular weight is 1240 g/mol. The van der Waals surface area contributed by atoms with Crippen molar-refractivity contribution in [2.24, 2.45) is 0 Å². The van der Waals surface area contributed by atoms with Crippen LogP contribution in [0.15, 0.2) is 174 Å². The molecule has 0 amide bonds. The molecule has 0 aliphatic rings. The van der Waals surface area contributed by atoms with Gasteiger partial charge in [-0.3, -0.25) is 14.4 Å². The zero-order chi connectivity index (χ0) is 62.9. The van der Waals surface area contributed by atoms with E-state index in [0.29, 0.717) is 94.9 Å². The number of benzene rings is 6. The summed E-state index contributed by atoms with van der Waals surface area (Å²) >= 11 is 5.34. The lowest BCUT2D eigenvalue weighted by atomic mass is 10.0. The highest BCUT2D eigenvalue weighted by molar-refractivity contribution is 6.16. The third kappa shape index (κ3) is 16.6. The zero-order valence-corrected chi connectivity index (χ0v) is 46.1. The summed E-state index contributed by atoms with van der Waals surface area (Å²) in [6.45, 7) is 5.15. The van der Waals surface area contributed by atoms with Crippen LogP contribution in [0.3, 0.4) is 0 Å². The van der Waals surface area contributed by atoms with Gasteiger partial charge >= 0.3 is 19.1 Å². The van der Waals surface area contributed by atoms with Gasteiger partial charge in [-0.05, 0) is 109 Å². The van der Waals surface area contributed by atoms with E-state index in [1.165, 1.54) is 88.4 Å². The van der Waals surface area contributed by atoms with Gasteiger partial charge in [0.1, 0.15) is 36.2 Å². The fourth-order valence-corrected chi connectivity index (χ4v) is 8.32. The number of aryl methyl sites for hydroxylation is 3. The molecule has 12 rings (SSSR count). The van der Waals surface area contributed by atoms with E-state index in [9.17, 15) is 53.9 Å². The predicted molar refractivity (Wildman–Crippen MR) is 296 cm³/mol. The number of halogens is 10. The van der Waals surface area contributed by atoms with Crippen molar-refractivity contribution in [2.45, 2.75) is 58.8 Å². The Balaban J connectivity index is 0.000000149. The number of H-pyrrole nitrogens is 1. The molecule has 0 aliphatic carbocycles. The monoisotopic (exact) mass is 1240 g/mol. The molecule has 1 N–H and O–H groups in total. The molecule has 6 aromatic carbocycles. The molecule has 452 valence electrons. The molecule has 6 aromatic heterocycles. The molecule has 0 saturated carbocycles. The van der Waals surface area contributed by atoms with Gasteiger partial charge in [-0.15, -0.1) is 51.1 Å². The number of nitrogens with zero attached hydrogens (tertiary/aromatic N) is 11. The lowest BCUT2D eigenvalue weighted by molar-refractivity contribution is -0.275. The zero-order valence-electron chi connectivity index (χ0n) is 45.4. The summed E-state index contributed by atoms with van der Waals surface area (Å²) in [6.07, 6.45) is -9.60. The van der Waals surface area contributed by atoms with Gasteiger partial charge in [0.25, 0.3) is 16.7 Å². The molecule has 0 atom stereocenters. The van der Waals surface area contributed by atoms with Crippen LogP contribution in [0.2, 0.25) is 0 Å². The highest BCUT2D eigenvalue weighted by atomic mass is 35.5. The second-order valence-corrected chi connectivity index (χ2v) is 18.6. The summed E-state index contributed by atoms with van der Waals surface area (Å²) in [5.74, 6) is 1.89. The van der Waals surface area contributed by atoms with E-state index in [-0.39, 0.29) is 58.8 Å². The summed E-state index contributed by atoms with van der Waals surface area (Å²) in [4.78, 5) is 49.2. The fourth-order valence-electron chi connectivity index (χ4n) is 8.21. The van der Waals surface area contributed by atoms with Gasteiger partial charge in [-0.25, -0.2) is 14.5 Å². The maximum absolute atomic E-state index is 12.8. The highest BCUT2D eigenvalue weighted by Gasteiger charge is 2.32. The van der Waals surface area contributed by atoms with E-state index in [1.54, 1.807) is 87.8 Å². The van der Waals surface area contributed by atoms with Crippen LogP contribution in [0.25, 0.3) is 65.7 Å². The van der Waals surface area contributed by atoms with Crippen molar-refractivity contribution in [3.63, 3.8) is 0 Å². The van der Waals surface area contributed by atoms with E-state index in [1.807, 2.05) is 0 Å². The molecule has 0 unspecified atom stereocenters.